The highest BCUT2D eigenvalue weighted by molar-refractivity contribution is 5.85. The van der Waals surface area contributed by atoms with Gasteiger partial charge in [-0.05, 0) is 39.2 Å². The molecule has 0 bridgehead atoms. The van der Waals surface area contributed by atoms with Gasteiger partial charge in [-0.2, -0.15) is 0 Å². The van der Waals surface area contributed by atoms with Crippen molar-refractivity contribution in [3.05, 3.63) is 0 Å². The molecule has 0 atom stereocenters. The van der Waals surface area contributed by atoms with E-state index in [0.29, 0.717) is 11.9 Å². The minimum Gasteiger partial charge on any atom is -0.340 e. The molecule has 1 saturated carbocycles. The van der Waals surface area contributed by atoms with E-state index in [4.69, 9.17) is 5.73 Å². The first-order chi connectivity index (χ1) is 8.29. The molecule has 0 aliphatic heterocycles. The Morgan fingerprint density at radius 3 is 2.33 bits per heavy atom. The standard InChI is InChI=1S/C14H28N2O.ClH/c1-2-16(13-9-6-7-10-13)14(17)11-5-3-4-8-12-15;/h13H,2-12,15H2,1H3;1H. The Hall–Kier alpha value is -0.280. The van der Waals surface area contributed by atoms with Gasteiger partial charge in [-0.15, -0.1) is 12.4 Å². The van der Waals surface area contributed by atoms with Gasteiger partial charge in [-0.3, -0.25) is 4.79 Å². The summed E-state index contributed by atoms with van der Waals surface area (Å²) in [6.07, 6.45) is 10.2. The average molecular weight is 277 g/mol. The van der Waals surface area contributed by atoms with Crippen LogP contribution in [0.1, 0.15) is 64.7 Å². The number of unbranched alkanes of at least 4 members (excludes halogenated alkanes) is 3. The molecule has 1 rings (SSSR count). The first kappa shape index (κ1) is 17.7. The zero-order chi connectivity index (χ0) is 12.5. The molecular formula is C14H29ClN2O. The predicted molar refractivity (Wildman–Crippen MR) is 79.0 cm³/mol. The second-order valence-corrected chi connectivity index (χ2v) is 5.07. The monoisotopic (exact) mass is 276 g/mol. The number of hydrogen-bond donors (Lipinski definition) is 1. The summed E-state index contributed by atoms with van der Waals surface area (Å²) >= 11 is 0. The van der Waals surface area contributed by atoms with E-state index < -0.39 is 0 Å². The van der Waals surface area contributed by atoms with Crippen molar-refractivity contribution in [2.24, 2.45) is 5.73 Å². The third-order valence-corrected chi connectivity index (χ3v) is 3.77. The van der Waals surface area contributed by atoms with Crippen LogP contribution in [0.5, 0.6) is 0 Å². The molecule has 1 fully saturated rings. The highest BCUT2D eigenvalue weighted by Crippen LogP contribution is 2.24. The van der Waals surface area contributed by atoms with E-state index in [-0.39, 0.29) is 12.4 Å². The first-order valence-electron chi connectivity index (χ1n) is 7.29. The lowest BCUT2D eigenvalue weighted by atomic mass is 10.1. The average Bonchev–Trinajstić information content (AvgIpc) is 2.83. The Morgan fingerprint density at radius 1 is 1.17 bits per heavy atom. The molecule has 18 heavy (non-hydrogen) atoms. The predicted octanol–water partition coefficient (Wildman–Crippen LogP) is 3.11. The highest BCUT2D eigenvalue weighted by Gasteiger charge is 2.24. The molecule has 0 unspecified atom stereocenters. The van der Waals surface area contributed by atoms with E-state index in [1.165, 1.54) is 32.1 Å². The Bertz CT molecular complexity index is 218. The van der Waals surface area contributed by atoms with Gasteiger partial charge in [0.15, 0.2) is 0 Å². The second-order valence-electron chi connectivity index (χ2n) is 5.07. The fraction of sp³-hybridized carbons (Fsp3) is 0.929. The summed E-state index contributed by atoms with van der Waals surface area (Å²) in [6, 6.07) is 0.538. The molecule has 0 saturated heterocycles. The van der Waals surface area contributed by atoms with Gasteiger partial charge < -0.3 is 10.6 Å². The molecular weight excluding hydrogens is 248 g/mol. The van der Waals surface area contributed by atoms with Crippen molar-refractivity contribution in [2.45, 2.75) is 70.8 Å². The number of hydrogen-bond acceptors (Lipinski definition) is 2. The van der Waals surface area contributed by atoms with Crippen LogP contribution in [0.4, 0.5) is 0 Å². The number of halogens is 1. The van der Waals surface area contributed by atoms with E-state index in [9.17, 15) is 4.79 Å². The summed E-state index contributed by atoms with van der Waals surface area (Å²) in [6.45, 7) is 3.76. The summed E-state index contributed by atoms with van der Waals surface area (Å²) in [7, 11) is 0. The van der Waals surface area contributed by atoms with Gasteiger partial charge in [0.2, 0.25) is 5.91 Å². The van der Waals surface area contributed by atoms with Crippen LogP contribution in [0.25, 0.3) is 0 Å². The molecule has 108 valence electrons. The maximum Gasteiger partial charge on any atom is 0.222 e. The normalized spacial score (nSPS) is 15.4. The molecule has 1 aliphatic carbocycles. The van der Waals surface area contributed by atoms with Gasteiger partial charge in [-0.25, -0.2) is 0 Å². The van der Waals surface area contributed by atoms with Crippen molar-refractivity contribution in [3.8, 4) is 0 Å². The molecule has 0 aromatic rings. The van der Waals surface area contributed by atoms with E-state index in [0.717, 1.165) is 38.8 Å². The molecule has 4 heteroatoms. The minimum atomic E-state index is 0. The summed E-state index contributed by atoms with van der Waals surface area (Å²) < 4.78 is 0. The SMILES string of the molecule is CCN(C(=O)CCCCCCN)C1CCCC1.Cl. The number of rotatable bonds is 8. The fourth-order valence-electron chi connectivity index (χ4n) is 2.77. The smallest absolute Gasteiger partial charge is 0.222 e. The molecule has 0 heterocycles. The maximum absolute atomic E-state index is 12.1. The van der Waals surface area contributed by atoms with Gasteiger partial charge in [0.25, 0.3) is 0 Å². The van der Waals surface area contributed by atoms with Crippen molar-refractivity contribution in [1.29, 1.82) is 0 Å². The van der Waals surface area contributed by atoms with Crippen LogP contribution in [0.15, 0.2) is 0 Å². The number of nitrogens with zero attached hydrogens (tertiary/aromatic N) is 1. The quantitative estimate of drug-likeness (QED) is 0.693. The number of nitrogens with two attached hydrogens (primary N) is 1. The van der Waals surface area contributed by atoms with E-state index in [2.05, 4.69) is 11.8 Å². The van der Waals surface area contributed by atoms with Gasteiger partial charge in [0.1, 0.15) is 0 Å². The maximum atomic E-state index is 12.1. The Balaban J connectivity index is 0.00000289. The summed E-state index contributed by atoms with van der Waals surface area (Å²) in [4.78, 5) is 14.2. The van der Waals surface area contributed by atoms with Crippen molar-refractivity contribution in [2.75, 3.05) is 13.1 Å². The largest absolute Gasteiger partial charge is 0.340 e. The lowest BCUT2D eigenvalue weighted by Gasteiger charge is -2.27. The topological polar surface area (TPSA) is 46.3 Å². The fourth-order valence-corrected chi connectivity index (χ4v) is 2.77. The molecule has 2 N–H and O–H groups in total. The zero-order valence-electron chi connectivity index (χ0n) is 11.7. The molecule has 1 aliphatic rings. The van der Waals surface area contributed by atoms with E-state index in [1.807, 2.05) is 0 Å². The van der Waals surface area contributed by atoms with Gasteiger partial charge in [0.05, 0.1) is 0 Å². The molecule has 3 nitrogen and oxygen atoms in total. The number of amides is 1. The van der Waals surface area contributed by atoms with Gasteiger partial charge in [0, 0.05) is 19.0 Å². The van der Waals surface area contributed by atoms with Crippen LogP contribution in [-0.4, -0.2) is 29.9 Å². The van der Waals surface area contributed by atoms with Gasteiger partial charge >= 0.3 is 0 Å². The molecule has 0 aromatic heterocycles. The molecule has 0 aromatic carbocycles. The van der Waals surface area contributed by atoms with Crippen molar-refractivity contribution in [1.82, 2.24) is 4.90 Å². The van der Waals surface area contributed by atoms with Gasteiger partial charge in [-0.1, -0.05) is 25.7 Å². The third-order valence-electron chi connectivity index (χ3n) is 3.77. The van der Waals surface area contributed by atoms with Crippen molar-refractivity contribution >= 4 is 18.3 Å². The lowest BCUT2D eigenvalue weighted by Crippen LogP contribution is -2.38. The number of carbonyl (C=O) groups excluding carboxylic acids is 1. The lowest BCUT2D eigenvalue weighted by molar-refractivity contribution is -0.133. The summed E-state index contributed by atoms with van der Waals surface area (Å²) in [5, 5.41) is 0. The van der Waals surface area contributed by atoms with Crippen LogP contribution in [0.3, 0.4) is 0 Å². The summed E-state index contributed by atoms with van der Waals surface area (Å²) in [5.74, 6) is 0.368. The van der Waals surface area contributed by atoms with Crippen LogP contribution in [0.2, 0.25) is 0 Å². The zero-order valence-corrected chi connectivity index (χ0v) is 12.5. The second kappa shape index (κ2) is 10.6. The Kier molecular flexibility index (Phi) is 10.5. The molecule has 0 radical (unpaired) electrons. The third kappa shape index (κ3) is 6.05. The van der Waals surface area contributed by atoms with Crippen LogP contribution < -0.4 is 5.73 Å². The van der Waals surface area contributed by atoms with Crippen LogP contribution in [-0.2, 0) is 4.79 Å². The van der Waals surface area contributed by atoms with Crippen LogP contribution >= 0.6 is 12.4 Å². The number of carbonyl (C=O) groups is 1. The van der Waals surface area contributed by atoms with Crippen molar-refractivity contribution in [3.63, 3.8) is 0 Å². The summed E-state index contributed by atoms with van der Waals surface area (Å²) in [5.41, 5.74) is 5.45. The van der Waals surface area contributed by atoms with E-state index in [1.54, 1.807) is 0 Å². The van der Waals surface area contributed by atoms with E-state index >= 15 is 0 Å². The Labute approximate surface area is 118 Å². The minimum absolute atomic E-state index is 0. The van der Waals surface area contributed by atoms with Crippen molar-refractivity contribution < 1.29 is 4.79 Å². The van der Waals surface area contributed by atoms with Crippen LogP contribution in [0, 0.1) is 0 Å². The Morgan fingerprint density at radius 2 is 1.78 bits per heavy atom. The molecule has 0 spiro atoms. The first-order valence-corrected chi connectivity index (χ1v) is 7.29. The highest BCUT2D eigenvalue weighted by atomic mass is 35.5. The molecule has 1 amide bonds.